The second kappa shape index (κ2) is 4.03. The van der Waals surface area contributed by atoms with Gasteiger partial charge >= 0.3 is 0 Å². The van der Waals surface area contributed by atoms with Crippen LogP contribution in [-0.2, 0) is 5.88 Å². The Morgan fingerprint density at radius 1 is 1.21 bits per heavy atom. The molecule has 0 radical (unpaired) electrons. The summed E-state index contributed by atoms with van der Waals surface area (Å²) in [7, 11) is 0. The number of rotatable bonds is 2. The molecule has 1 aromatic carbocycles. The van der Waals surface area contributed by atoms with Gasteiger partial charge in [-0.25, -0.2) is 0 Å². The Hall–Kier alpha value is -0.990. The van der Waals surface area contributed by atoms with Gasteiger partial charge in [-0.15, -0.1) is 11.6 Å². The van der Waals surface area contributed by atoms with E-state index in [9.17, 15) is 0 Å². The predicted octanol–water partition coefficient (Wildman–Crippen LogP) is 3.73. The third kappa shape index (κ3) is 1.91. The van der Waals surface area contributed by atoms with Gasteiger partial charge in [-0.3, -0.25) is 0 Å². The van der Waals surface area contributed by atoms with E-state index < -0.39 is 0 Å². The first-order valence-electron chi connectivity index (χ1n) is 4.07. The second-order valence-electron chi connectivity index (χ2n) is 2.82. The molecule has 2 rings (SSSR count). The van der Waals surface area contributed by atoms with Crippen LogP contribution in [0.1, 0.15) is 5.76 Å². The zero-order valence-corrected chi connectivity index (χ0v) is 8.72. The molecule has 0 atom stereocenters. The molecular weight excluding hydrogens is 221 g/mol. The lowest BCUT2D eigenvalue weighted by atomic mass is 10.1. The summed E-state index contributed by atoms with van der Waals surface area (Å²) in [6, 6.07) is 9.21. The number of alkyl halides is 1. The Morgan fingerprint density at radius 2 is 1.93 bits per heavy atom. The molecule has 14 heavy (non-hydrogen) atoms. The van der Waals surface area contributed by atoms with Crippen molar-refractivity contribution in [3.63, 3.8) is 0 Å². The van der Waals surface area contributed by atoms with Gasteiger partial charge in [-0.2, -0.15) is 0 Å². The van der Waals surface area contributed by atoms with Gasteiger partial charge in [-0.05, 0) is 12.1 Å². The molecule has 2 nitrogen and oxygen atoms in total. The molecule has 0 aliphatic rings. The van der Waals surface area contributed by atoms with E-state index in [1.54, 1.807) is 0 Å². The molecule has 4 heteroatoms. The molecule has 0 aliphatic carbocycles. The lowest BCUT2D eigenvalue weighted by Crippen LogP contribution is -1.75. The standard InChI is InChI=1S/C10H7Cl2NO/c11-6-9-5-10(13-14-9)7-1-3-8(12)4-2-7/h1-5H,6H2. The number of benzene rings is 1. The first-order valence-corrected chi connectivity index (χ1v) is 4.98. The topological polar surface area (TPSA) is 26.0 Å². The quantitative estimate of drug-likeness (QED) is 0.732. The zero-order valence-electron chi connectivity index (χ0n) is 7.21. The van der Waals surface area contributed by atoms with Crippen LogP contribution in [0.25, 0.3) is 11.3 Å². The summed E-state index contributed by atoms with van der Waals surface area (Å²) in [6.07, 6.45) is 0. The first kappa shape index (κ1) is 9.56. The fraction of sp³-hybridized carbons (Fsp3) is 0.100. The monoisotopic (exact) mass is 227 g/mol. The number of aromatic nitrogens is 1. The van der Waals surface area contributed by atoms with Gasteiger partial charge in [0.15, 0.2) is 5.76 Å². The Balaban J connectivity index is 2.34. The van der Waals surface area contributed by atoms with Gasteiger partial charge in [0.25, 0.3) is 0 Å². The van der Waals surface area contributed by atoms with Crippen molar-refractivity contribution in [3.8, 4) is 11.3 Å². The summed E-state index contributed by atoms with van der Waals surface area (Å²) in [5.41, 5.74) is 1.74. The smallest absolute Gasteiger partial charge is 0.152 e. The third-order valence-corrected chi connectivity index (χ3v) is 2.35. The highest BCUT2D eigenvalue weighted by molar-refractivity contribution is 6.30. The highest BCUT2D eigenvalue weighted by Gasteiger charge is 2.04. The Morgan fingerprint density at radius 3 is 2.50 bits per heavy atom. The summed E-state index contributed by atoms with van der Waals surface area (Å²) in [5, 5.41) is 4.59. The molecule has 0 unspecified atom stereocenters. The van der Waals surface area contributed by atoms with Gasteiger partial charge < -0.3 is 4.52 Å². The van der Waals surface area contributed by atoms with Gasteiger partial charge in [0, 0.05) is 16.7 Å². The molecule has 0 spiro atoms. The summed E-state index contributed by atoms with van der Waals surface area (Å²) in [4.78, 5) is 0. The maximum absolute atomic E-state index is 5.77. The lowest BCUT2D eigenvalue weighted by Gasteiger charge is -1.93. The molecule has 2 aromatic rings. The molecule has 0 N–H and O–H groups in total. The Kier molecular flexibility index (Phi) is 2.75. The first-order chi connectivity index (χ1) is 6.79. The van der Waals surface area contributed by atoms with E-state index in [0.29, 0.717) is 16.7 Å². The predicted molar refractivity (Wildman–Crippen MR) is 56.5 cm³/mol. The van der Waals surface area contributed by atoms with Crippen molar-refractivity contribution in [2.24, 2.45) is 0 Å². The van der Waals surface area contributed by atoms with Crippen molar-refractivity contribution < 1.29 is 4.52 Å². The van der Waals surface area contributed by atoms with Crippen molar-refractivity contribution in [1.82, 2.24) is 5.16 Å². The molecule has 0 aliphatic heterocycles. The number of halogens is 2. The molecule has 0 saturated carbocycles. The second-order valence-corrected chi connectivity index (χ2v) is 3.52. The normalized spacial score (nSPS) is 10.4. The summed E-state index contributed by atoms with van der Waals surface area (Å²) in [6.45, 7) is 0. The van der Waals surface area contributed by atoms with Gasteiger partial charge in [0.2, 0.25) is 0 Å². The molecule has 1 aromatic heterocycles. The van der Waals surface area contributed by atoms with Crippen LogP contribution in [0.5, 0.6) is 0 Å². The van der Waals surface area contributed by atoms with E-state index >= 15 is 0 Å². The van der Waals surface area contributed by atoms with Crippen molar-refractivity contribution in [1.29, 1.82) is 0 Å². The van der Waals surface area contributed by atoms with Crippen LogP contribution < -0.4 is 0 Å². The van der Waals surface area contributed by atoms with Crippen molar-refractivity contribution in [3.05, 3.63) is 41.1 Å². The summed E-state index contributed by atoms with van der Waals surface area (Å²) < 4.78 is 4.98. The minimum absolute atomic E-state index is 0.334. The number of hydrogen-bond donors (Lipinski definition) is 0. The highest BCUT2D eigenvalue weighted by atomic mass is 35.5. The molecule has 72 valence electrons. The van der Waals surface area contributed by atoms with Crippen LogP contribution in [0.15, 0.2) is 34.9 Å². The van der Waals surface area contributed by atoms with Gasteiger partial charge in [-0.1, -0.05) is 28.9 Å². The Labute approximate surface area is 91.4 Å². The third-order valence-electron chi connectivity index (χ3n) is 1.83. The minimum atomic E-state index is 0.334. The summed E-state index contributed by atoms with van der Waals surface area (Å²) in [5.74, 6) is 0.997. The fourth-order valence-corrected chi connectivity index (χ4v) is 1.38. The van der Waals surface area contributed by atoms with Gasteiger partial charge in [0.1, 0.15) is 5.69 Å². The maximum Gasteiger partial charge on any atom is 0.152 e. The molecule has 0 saturated heterocycles. The molecular formula is C10H7Cl2NO. The van der Waals surface area contributed by atoms with E-state index in [2.05, 4.69) is 5.16 Å². The van der Waals surface area contributed by atoms with Crippen molar-refractivity contribution in [2.75, 3.05) is 0 Å². The average Bonchev–Trinajstić information content (AvgIpc) is 2.67. The maximum atomic E-state index is 5.77. The van der Waals surface area contributed by atoms with E-state index in [1.165, 1.54) is 0 Å². The lowest BCUT2D eigenvalue weighted by molar-refractivity contribution is 0.396. The van der Waals surface area contributed by atoms with Crippen LogP contribution >= 0.6 is 23.2 Å². The fourth-order valence-electron chi connectivity index (χ4n) is 1.13. The largest absolute Gasteiger partial charge is 0.359 e. The van der Waals surface area contributed by atoms with E-state index in [4.69, 9.17) is 27.7 Å². The van der Waals surface area contributed by atoms with E-state index in [-0.39, 0.29) is 0 Å². The van der Waals surface area contributed by atoms with Gasteiger partial charge in [0.05, 0.1) is 5.88 Å². The van der Waals surface area contributed by atoms with Crippen LogP contribution in [-0.4, -0.2) is 5.16 Å². The molecule has 0 bridgehead atoms. The van der Waals surface area contributed by atoms with Crippen LogP contribution in [0, 0.1) is 0 Å². The molecule has 0 amide bonds. The number of hydrogen-bond acceptors (Lipinski definition) is 2. The van der Waals surface area contributed by atoms with E-state index in [1.807, 2.05) is 30.3 Å². The average molecular weight is 228 g/mol. The zero-order chi connectivity index (χ0) is 9.97. The van der Waals surface area contributed by atoms with Crippen LogP contribution in [0.2, 0.25) is 5.02 Å². The Bertz CT molecular complexity index is 422. The number of nitrogens with zero attached hydrogens (tertiary/aromatic N) is 1. The molecule has 0 fully saturated rings. The van der Waals surface area contributed by atoms with Crippen LogP contribution in [0.4, 0.5) is 0 Å². The summed E-state index contributed by atoms with van der Waals surface area (Å²) >= 11 is 11.4. The minimum Gasteiger partial charge on any atom is -0.359 e. The van der Waals surface area contributed by atoms with E-state index in [0.717, 1.165) is 11.3 Å². The molecule has 1 heterocycles. The SMILES string of the molecule is ClCc1cc(-c2ccc(Cl)cc2)no1. The highest BCUT2D eigenvalue weighted by Crippen LogP contribution is 2.21. The van der Waals surface area contributed by atoms with Crippen molar-refractivity contribution in [2.45, 2.75) is 5.88 Å². The van der Waals surface area contributed by atoms with Crippen LogP contribution in [0.3, 0.4) is 0 Å². The van der Waals surface area contributed by atoms with Crippen molar-refractivity contribution >= 4 is 23.2 Å².